The minimum atomic E-state index is -5.21. The summed E-state index contributed by atoms with van der Waals surface area (Å²) in [6.45, 7) is -0.730. The Labute approximate surface area is 402 Å². The summed E-state index contributed by atoms with van der Waals surface area (Å²) in [4.78, 5) is 32.5. The van der Waals surface area contributed by atoms with E-state index < -0.39 is 160 Å². The topological polar surface area (TPSA) is 192 Å². The van der Waals surface area contributed by atoms with E-state index in [2.05, 4.69) is 32.3 Å². The lowest BCUT2D eigenvalue weighted by Crippen LogP contribution is -2.48. The number of carbonyl (C=O) groups excluding carboxylic acids is 2. The number of halogens is 11. The summed E-state index contributed by atoms with van der Waals surface area (Å²) >= 11 is 6.66. The number of carbonyl (C=O) groups is 2. The van der Waals surface area contributed by atoms with E-state index in [-0.39, 0.29) is 50.6 Å². The number of amides is 2. The fourth-order valence-electron chi connectivity index (χ4n) is 8.85. The fourth-order valence-corrected chi connectivity index (χ4v) is 10.2. The molecule has 3 N–H and O–H groups in total. The third-order valence-electron chi connectivity index (χ3n) is 12.6. The second-order valence-corrected chi connectivity index (χ2v) is 23.1. The quantitative estimate of drug-likeness (QED) is 0.0946. The number of anilines is 1. The maximum absolute atomic E-state index is 15.6. The zero-order chi connectivity index (χ0) is 52.3. The summed E-state index contributed by atoms with van der Waals surface area (Å²) in [5, 5.41) is 8.88. The van der Waals surface area contributed by atoms with Gasteiger partial charge >= 0.3 is 12.4 Å². The third-order valence-corrected chi connectivity index (χ3v) is 15.8. The predicted octanol–water partition coefficient (Wildman–Crippen LogP) is 7.32. The molecule has 0 saturated heterocycles. The fraction of sp³-hybridized carbons (Fsp3) is 0.432. The van der Waals surface area contributed by atoms with E-state index in [1.54, 1.807) is 0 Å². The van der Waals surface area contributed by atoms with Crippen molar-refractivity contribution in [2.75, 3.05) is 16.8 Å². The molecule has 27 heteroatoms. The summed E-state index contributed by atoms with van der Waals surface area (Å²) < 4.78 is 198. The maximum atomic E-state index is 15.6. The molecule has 3 aliphatic carbocycles. The van der Waals surface area contributed by atoms with Gasteiger partial charge in [0.25, 0.3) is 5.92 Å². The number of nitrogens with one attached hydrogen (secondary N) is 1. The highest BCUT2D eigenvalue weighted by molar-refractivity contribution is 7.93. The average molecular weight is 1070 g/mol. The Morgan fingerprint density at radius 3 is 2.15 bits per heavy atom. The highest BCUT2D eigenvalue weighted by Crippen LogP contribution is 2.68. The standard InChI is InChI=1S/C44H39ClF10N8O6S2/c1-41(2,70(3,66)67)10-9-25-5-6-26(27-7-8-30(45)34-36(27)62(19-42(48,49)50)60-39(34)63(71(4,68)69)40(65)21-14-24(56)15-21)35(57-25)31(13-20-11-22(46)16-23(47)12-20)58-32(64)18-61-38-33(37(59-61)44(53,54)55)28-17-29(28)43(38,51)52/h5-8,11-12,16,21,24,28-29,31H,13-15,17-19,56H2,1-4H3,(H,58,64)/t21?,24?,28-,29?,31-/m0/s1. The lowest BCUT2D eigenvalue weighted by molar-refractivity contribution is -0.143. The number of fused-ring (bicyclic) bond motifs is 4. The van der Waals surface area contributed by atoms with Crippen LogP contribution in [0, 0.1) is 35.3 Å². The van der Waals surface area contributed by atoms with Crippen LogP contribution < -0.4 is 15.4 Å². The molecule has 3 aliphatic rings. The van der Waals surface area contributed by atoms with Gasteiger partial charge in [-0.2, -0.15) is 49.6 Å². The molecule has 3 heterocycles. The molecule has 8 rings (SSSR count). The van der Waals surface area contributed by atoms with Gasteiger partial charge in [-0.15, -0.1) is 0 Å². The molecule has 3 atom stereocenters. The van der Waals surface area contributed by atoms with Crippen molar-refractivity contribution >= 4 is 60.0 Å². The van der Waals surface area contributed by atoms with Crippen molar-refractivity contribution in [2.45, 2.75) is 93.6 Å². The molecule has 1 unspecified atom stereocenters. The van der Waals surface area contributed by atoms with Crippen molar-refractivity contribution < 1.29 is 70.3 Å². The van der Waals surface area contributed by atoms with E-state index in [4.69, 9.17) is 17.3 Å². The van der Waals surface area contributed by atoms with Crippen LogP contribution in [0.5, 0.6) is 0 Å². The van der Waals surface area contributed by atoms with Crippen molar-refractivity contribution in [1.82, 2.24) is 29.9 Å². The first kappa shape index (κ1) is 51.6. The number of alkyl halides is 8. The minimum Gasteiger partial charge on any atom is -0.346 e. The maximum Gasteiger partial charge on any atom is 0.435 e. The van der Waals surface area contributed by atoms with E-state index in [0.29, 0.717) is 17.0 Å². The van der Waals surface area contributed by atoms with Crippen LogP contribution in [0.3, 0.4) is 0 Å². The van der Waals surface area contributed by atoms with Gasteiger partial charge in [0.05, 0.1) is 33.9 Å². The number of hydrogen-bond donors (Lipinski definition) is 2. The van der Waals surface area contributed by atoms with Crippen molar-refractivity contribution in [2.24, 2.45) is 17.6 Å². The molecule has 2 aromatic carbocycles. The molecule has 0 bridgehead atoms. The molecule has 3 aromatic heterocycles. The molecule has 380 valence electrons. The van der Waals surface area contributed by atoms with E-state index in [1.807, 2.05) is 0 Å². The van der Waals surface area contributed by atoms with Crippen molar-refractivity contribution in [3.63, 3.8) is 0 Å². The van der Waals surface area contributed by atoms with Crippen LogP contribution >= 0.6 is 11.6 Å². The Morgan fingerprint density at radius 2 is 1.58 bits per heavy atom. The summed E-state index contributed by atoms with van der Waals surface area (Å²) in [5.41, 5.74) is 0.187. The molecule has 14 nitrogen and oxygen atoms in total. The summed E-state index contributed by atoms with van der Waals surface area (Å²) in [6, 6.07) is 4.46. The molecule has 5 aromatic rings. The highest BCUT2D eigenvalue weighted by atomic mass is 35.5. The van der Waals surface area contributed by atoms with Gasteiger partial charge in [-0.3, -0.25) is 19.0 Å². The first-order chi connectivity index (χ1) is 32.7. The Balaban J connectivity index is 1.36. The van der Waals surface area contributed by atoms with Gasteiger partial charge in [0.1, 0.15) is 40.9 Å². The number of sulfonamides is 1. The van der Waals surface area contributed by atoms with Crippen molar-refractivity contribution in [3.8, 4) is 23.0 Å². The number of sulfone groups is 1. The molecule has 0 aliphatic heterocycles. The first-order valence-electron chi connectivity index (χ1n) is 21.3. The highest BCUT2D eigenvalue weighted by Gasteiger charge is 2.68. The minimum absolute atomic E-state index is 0.0226. The van der Waals surface area contributed by atoms with Gasteiger partial charge < -0.3 is 11.1 Å². The van der Waals surface area contributed by atoms with E-state index in [0.717, 1.165) is 30.5 Å². The smallest absolute Gasteiger partial charge is 0.346 e. The number of nitrogens with two attached hydrogens (primary N) is 1. The summed E-state index contributed by atoms with van der Waals surface area (Å²) in [7, 11) is -8.59. The Kier molecular flexibility index (Phi) is 12.7. The lowest BCUT2D eigenvalue weighted by Gasteiger charge is -2.34. The number of nitrogens with zero attached hydrogens (tertiary/aromatic N) is 6. The van der Waals surface area contributed by atoms with Gasteiger partial charge in [0.15, 0.2) is 21.3 Å². The third kappa shape index (κ3) is 9.93. The monoisotopic (exact) mass is 1060 g/mol. The number of aromatic nitrogens is 5. The van der Waals surface area contributed by atoms with E-state index in [9.17, 15) is 61.5 Å². The molecule has 0 radical (unpaired) electrons. The Bertz CT molecular complexity index is 3320. The van der Waals surface area contributed by atoms with Gasteiger partial charge in [-0.25, -0.2) is 30.6 Å². The molecule has 2 amide bonds. The summed E-state index contributed by atoms with van der Waals surface area (Å²) in [5.74, 6) is -7.88. The second kappa shape index (κ2) is 17.5. The molecular weight excluding hydrogens is 1030 g/mol. The van der Waals surface area contributed by atoms with Gasteiger partial charge in [-0.1, -0.05) is 23.6 Å². The second-order valence-electron chi connectivity index (χ2n) is 18.3. The molecule has 2 fully saturated rings. The number of hydrogen-bond acceptors (Lipinski definition) is 10. The van der Waals surface area contributed by atoms with Gasteiger partial charge in [0.2, 0.25) is 21.8 Å². The number of benzene rings is 2. The zero-order valence-electron chi connectivity index (χ0n) is 37.4. The molecular formula is C44H39ClF10N8O6S2. The lowest BCUT2D eigenvalue weighted by atomic mass is 9.80. The van der Waals surface area contributed by atoms with Crippen LogP contribution in [0.4, 0.5) is 49.7 Å². The molecule has 71 heavy (non-hydrogen) atoms. The summed E-state index contributed by atoms with van der Waals surface area (Å²) in [6.07, 6.45) is -9.73. The normalized spacial score (nSPS) is 20.1. The van der Waals surface area contributed by atoms with Crippen LogP contribution in [0.25, 0.3) is 22.0 Å². The molecule has 2 saturated carbocycles. The number of pyridine rings is 1. The first-order valence-corrected chi connectivity index (χ1v) is 25.4. The molecule has 0 spiro atoms. The van der Waals surface area contributed by atoms with Gasteiger partial charge in [0, 0.05) is 46.9 Å². The van der Waals surface area contributed by atoms with Crippen LogP contribution in [-0.4, -0.2) is 82.7 Å². The Hall–Kier alpha value is -5.78. The van der Waals surface area contributed by atoms with Crippen LogP contribution in [0.15, 0.2) is 42.5 Å². The SMILES string of the molecule is CC(C)(C#Cc1ccc(-c2ccc(Cl)c3c(N(C(=O)C4CC(N)C4)S(C)(=O)=O)nn(CC(F)(F)F)c23)c([C@H](Cc2cc(F)cc(F)c2)NC(=O)Cn2nc(C(F)(F)F)c3c2C(F)(F)C2C[C@H]32)n1)S(C)(=O)=O. The van der Waals surface area contributed by atoms with Gasteiger partial charge in [-0.05, 0) is 87.3 Å². The largest absolute Gasteiger partial charge is 0.435 e. The van der Waals surface area contributed by atoms with Crippen LogP contribution in [0.1, 0.15) is 79.0 Å². The number of rotatable bonds is 12. The van der Waals surface area contributed by atoms with E-state index >= 15 is 8.78 Å². The predicted molar refractivity (Wildman–Crippen MR) is 236 cm³/mol. The Morgan fingerprint density at radius 1 is 0.944 bits per heavy atom. The van der Waals surface area contributed by atoms with Crippen molar-refractivity contribution in [1.29, 1.82) is 0 Å². The van der Waals surface area contributed by atoms with Crippen LogP contribution in [0.2, 0.25) is 5.02 Å². The van der Waals surface area contributed by atoms with Crippen molar-refractivity contribution in [3.05, 3.63) is 93.0 Å². The van der Waals surface area contributed by atoms with E-state index in [1.165, 1.54) is 26.0 Å². The zero-order valence-corrected chi connectivity index (χ0v) is 39.7. The average Bonchev–Trinajstić information content (AvgIpc) is 3.73. The van der Waals surface area contributed by atoms with Crippen LogP contribution in [-0.2, 0) is 61.1 Å².